The van der Waals surface area contributed by atoms with Gasteiger partial charge in [-0.1, -0.05) is 12.1 Å². The van der Waals surface area contributed by atoms with E-state index in [0.29, 0.717) is 5.69 Å². The molecule has 138 valence electrons. The molecule has 2 amide bonds. The van der Waals surface area contributed by atoms with E-state index in [1.807, 2.05) is 0 Å². The lowest BCUT2D eigenvalue weighted by Crippen LogP contribution is -2.32. The zero-order chi connectivity index (χ0) is 19.3. The Hall–Kier alpha value is -2.90. The van der Waals surface area contributed by atoms with Crippen molar-refractivity contribution in [2.24, 2.45) is 0 Å². The summed E-state index contributed by atoms with van der Waals surface area (Å²) in [5.41, 5.74) is -0.574. The number of amides is 2. The Morgan fingerprint density at radius 2 is 1.77 bits per heavy atom. The van der Waals surface area contributed by atoms with E-state index in [0.717, 1.165) is 18.2 Å². The lowest BCUT2D eigenvalue weighted by molar-refractivity contribution is -0.137. The van der Waals surface area contributed by atoms with E-state index in [1.165, 1.54) is 42.2 Å². The fraction of sp³-hybridized carbons (Fsp3) is 0.222. The van der Waals surface area contributed by atoms with Gasteiger partial charge in [0.05, 0.1) is 5.56 Å². The number of hydrogen-bond donors (Lipinski definition) is 1. The van der Waals surface area contributed by atoms with Crippen molar-refractivity contribution in [3.05, 3.63) is 59.9 Å². The van der Waals surface area contributed by atoms with Gasteiger partial charge in [0.25, 0.3) is 0 Å². The van der Waals surface area contributed by atoms with Gasteiger partial charge in [-0.25, -0.2) is 4.39 Å². The Kier molecular flexibility index (Phi) is 5.97. The second kappa shape index (κ2) is 7.99. The van der Waals surface area contributed by atoms with E-state index >= 15 is 0 Å². The molecule has 1 N–H and O–H groups in total. The van der Waals surface area contributed by atoms with Crippen molar-refractivity contribution in [3.8, 4) is 0 Å². The van der Waals surface area contributed by atoms with E-state index < -0.39 is 23.5 Å². The Morgan fingerprint density at radius 3 is 2.38 bits per heavy atom. The van der Waals surface area contributed by atoms with Crippen molar-refractivity contribution < 1.29 is 27.2 Å². The second-order valence-electron chi connectivity index (χ2n) is 5.53. The average Bonchev–Trinajstić information content (AvgIpc) is 2.54. The number of carbonyl (C=O) groups is 2. The van der Waals surface area contributed by atoms with Crippen LogP contribution in [0.3, 0.4) is 0 Å². The van der Waals surface area contributed by atoms with Crippen molar-refractivity contribution in [2.45, 2.75) is 19.5 Å². The summed E-state index contributed by atoms with van der Waals surface area (Å²) in [6.45, 7) is 1.24. The molecule has 4 nitrogen and oxygen atoms in total. The van der Waals surface area contributed by atoms with E-state index in [9.17, 15) is 27.2 Å². The molecule has 0 aromatic heterocycles. The van der Waals surface area contributed by atoms with Crippen LogP contribution in [0, 0.1) is 5.82 Å². The molecule has 0 bridgehead atoms. The molecule has 0 radical (unpaired) electrons. The van der Waals surface area contributed by atoms with E-state index in [-0.39, 0.29) is 24.6 Å². The SMILES string of the molecule is CC(=O)N(CCC(=O)Nc1cccc(C(F)(F)F)c1)c1cccc(F)c1. The highest BCUT2D eigenvalue weighted by Gasteiger charge is 2.30. The fourth-order valence-electron chi connectivity index (χ4n) is 2.32. The summed E-state index contributed by atoms with van der Waals surface area (Å²) in [7, 11) is 0. The van der Waals surface area contributed by atoms with E-state index in [2.05, 4.69) is 5.32 Å². The normalized spacial score (nSPS) is 11.1. The largest absolute Gasteiger partial charge is 0.416 e. The number of nitrogens with zero attached hydrogens (tertiary/aromatic N) is 1. The highest BCUT2D eigenvalue weighted by atomic mass is 19.4. The lowest BCUT2D eigenvalue weighted by atomic mass is 10.2. The maximum Gasteiger partial charge on any atom is 0.416 e. The molecule has 26 heavy (non-hydrogen) atoms. The van der Waals surface area contributed by atoms with Gasteiger partial charge in [-0.3, -0.25) is 9.59 Å². The first-order chi connectivity index (χ1) is 12.2. The van der Waals surface area contributed by atoms with Gasteiger partial charge in [-0.15, -0.1) is 0 Å². The van der Waals surface area contributed by atoms with Crippen LogP contribution in [-0.2, 0) is 15.8 Å². The molecule has 0 unspecified atom stereocenters. The van der Waals surface area contributed by atoms with Crippen LogP contribution in [0.15, 0.2) is 48.5 Å². The minimum absolute atomic E-state index is 0.00459. The second-order valence-corrected chi connectivity index (χ2v) is 5.53. The molecule has 2 rings (SSSR count). The van der Waals surface area contributed by atoms with E-state index in [4.69, 9.17) is 0 Å². The van der Waals surface area contributed by atoms with Crippen molar-refractivity contribution in [1.29, 1.82) is 0 Å². The molecular formula is C18H16F4N2O2. The zero-order valence-electron chi connectivity index (χ0n) is 13.8. The number of alkyl halides is 3. The molecular weight excluding hydrogens is 352 g/mol. The monoisotopic (exact) mass is 368 g/mol. The van der Waals surface area contributed by atoms with Gasteiger partial charge in [0.1, 0.15) is 5.82 Å². The molecule has 0 aliphatic rings. The summed E-state index contributed by atoms with van der Waals surface area (Å²) in [5.74, 6) is -1.48. The Balaban J connectivity index is 2.02. The summed E-state index contributed by atoms with van der Waals surface area (Å²) in [4.78, 5) is 24.9. The van der Waals surface area contributed by atoms with Crippen molar-refractivity contribution in [1.82, 2.24) is 0 Å². The van der Waals surface area contributed by atoms with Gasteiger partial charge in [-0.05, 0) is 36.4 Å². The highest BCUT2D eigenvalue weighted by molar-refractivity contribution is 5.94. The Bertz CT molecular complexity index is 806. The molecule has 8 heteroatoms. The number of benzene rings is 2. The van der Waals surface area contributed by atoms with Crippen LogP contribution in [0.1, 0.15) is 18.9 Å². The first-order valence-corrected chi connectivity index (χ1v) is 7.67. The molecule has 0 saturated carbocycles. The molecule has 0 atom stereocenters. The first kappa shape index (κ1) is 19.4. The standard InChI is InChI=1S/C18H16F4N2O2/c1-12(25)24(16-7-3-5-14(19)11-16)9-8-17(26)23-15-6-2-4-13(10-15)18(20,21)22/h2-7,10-11H,8-9H2,1H3,(H,23,26). The van der Waals surface area contributed by atoms with Crippen LogP contribution in [0.4, 0.5) is 28.9 Å². The molecule has 0 saturated heterocycles. The van der Waals surface area contributed by atoms with Gasteiger partial charge in [0, 0.05) is 31.3 Å². The first-order valence-electron chi connectivity index (χ1n) is 7.67. The molecule has 0 heterocycles. The van der Waals surface area contributed by atoms with Crippen LogP contribution in [0.5, 0.6) is 0 Å². The van der Waals surface area contributed by atoms with Crippen LogP contribution in [-0.4, -0.2) is 18.4 Å². The number of nitrogens with one attached hydrogen (secondary N) is 1. The van der Waals surface area contributed by atoms with Crippen molar-refractivity contribution in [3.63, 3.8) is 0 Å². The van der Waals surface area contributed by atoms with Crippen molar-refractivity contribution >= 4 is 23.2 Å². The Labute approximate surface area is 147 Å². The number of halogens is 4. The quantitative estimate of drug-likeness (QED) is 0.803. The van der Waals surface area contributed by atoms with Gasteiger partial charge in [-0.2, -0.15) is 13.2 Å². The van der Waals surface area contributed by atoms with Gasteiger partial charge in [0.15, 0.2) is 0 Å². The summed E-state index contributed by atoms with van der Waals surface area (Å²) in [5, 5.41) is 2.36. The third kappa shape index (κ3) is 5.30. The molecule has 0 fully saturated rings. The predicted octanol–water partition coefficient (Wildman–Crippen LogP) is 4.23. The van der Waals surface area contributed by atoms with Crippen LogP contribution in [0.2, 0.25) is 0 Å². The van der Waals surface area contributed by atoms with Crippen LogP contribution < -0.4 is 10.2 Å². The lowest BCUT2D eigenvalue weighted by Gasteiger charge is -2.21. The smallest absolute Gasteiger partial charge is 0.326 e. The summed E-state index contributed by atoms with van der Waals surface area (Å²) < 4.78 is 51.3. The van der Waals surface area contributed by atoms with Crippen LogP contribution >= 0.6 is 0 Å². The number of anilines is 2. The minimum Gasteiger partial charge on any atom is -0.326 e. The molecule has 0 aliphatic heterocycles. The topological polar surface area (TPSA) is 49.4 Å². The van der Waals surface area contributed by atoms with Gasteiger partial charge < -0.3 is 10.2 Å². The molecule has 2 aromatic rings. The van der Waals surface area contributed by atoms with Gasteiger partial charge >= 0.3 is 6.18 Å². The zero-order valence-corrected chi connectivity index (χ0v) is 13.8. The average molecular weight is 368 g/mol. The third-order valence-corrected chi connectivity index (χ3v) is 3.54. The molecule has 2 aromatic carbocycles. The highest BCUT2D eigenvalue weighted by Crippen LogP contribution is 2.30. The number of hydrogen-bond acceptors (Lipinski definition) is 2. The number of carbonyl (C=O) groups excluding carboxylic acids is 2. The minimum atomic E-state index is -4.51. The molecule has 0 spiro atoms. The third-order valence-electron chi connectivity index (χ3n) is 3.54. The Morgan fingerprint density at radius 1 is 1.08 bits per heavy atom. The fourth-order valence-corrected chi connectivity index (χ4v) is 2.32. The summed E-state index contributed by atoms with van der Waals surface area (Å²) >= 11 is 0. The molecule has 0 aliphatic carbocycles. The van der Waals surface area contributed by atoms with Crippen LogP contribution in [0.25, 0.3) is 0 Å². The summed E-state index contributed by atoms with van der Waals surface area (Å²) in [6.07, 6.45) is -4.67. The predicted molar refractivity (Wildman–Crippen MR) is 89.1 cm³/mol. The summed E-state index contributed by atoms with van der Waals surface area (Å²) in [6, 6.07) is 9.59. The van der Waals surface area contributed by atoms with E-state index in [1.54, 1.807) is 0 Å². The number of rotatable bonds is 5. The van der Waals surface area contributed by atoms with Crippen molar-refractivity contribution in [2.75, 3.05) is 16.8 Å². The van der Waals surface area contributed by atoms with Gasteiger partial charge in [0.2, 0.25) is 11.8 Å². The maximum absolute atomic E-state index is 13.3. The maximum atomic E-state index is 13.3.